The monoisotopic (exact) mass is 203 g/mol. The minimum atomic E-state index is 0.724. The molecule has 1 saturated heterocycles. The number of piperidine rings is 1. The second-order valence-corrected chi connectivity index (χ2v) is 4.17. The van der Waals surface area contributed by atoms with Crippen molar-refractivity contribution >= 4 is 6.08 Å². The fourth-order valence-electron chi connectivity index (χ4n) is 1.86. The van der Waals surface area contributed by atoms with Crippen LogP contribution in [0.4, 0.5) is 0 Å². The molecule has 0 radical (unpaired) electrons. The highest BCUT2D eigenvalue weighted by Gasteiger charge is 2.13. The van der Waals surface area contributed by atoms with Crippen LogP contribution in [0.3, 0.4) is 0 Å². The van der Waals surface area contributed by atoms with E-state index in [9.17, 15) is 0 Å². The molecule has 0 bridgehead atoms. The van der Waals surface area contributed by atoms with Gasteiger partial charge in [0.15, 0.2) is 0 Å². The maximum Gasteiger partial charge on any atom is 0.115 e. The van der Waals surface area contributed by atoms with Gasteiger partial charge in [0.25, 0.3) is 0 Å². The molecule has 0 amide bonds. The van der Waals surface area contributed by atoms with Gasteiger partial charge in [0.1, 0.15) is 6.33 Å². The zero-order valence-electron chi connectivity index (χ0n) is 9.13. The van der Waals surface area contributed by atoms with E-state index in [0.29, 0.717) is 0 Å². The Morgan fingerprint density at radius 2 is 1.93 bits per heavy atom. The fourth-order valence-corrected chi connectivity index (χ4v) is 1.86. The van der Waals surface area contributed by atoms with E-state index in [1.807, 2.05) is 12.4 Å². The highest BCUT2D eigenvalue weighted by atomic mass is 15.1. The van der Waals surface area contributed by atoms with Crippen molar-refractivity contribution in [3.05, 3.63) is 30.4 Å². The molecule has 0 atom stereocenters. The van der Waals surface area contributed by atoms with Gasteiger partial charge in [-0.05, 0) is 38.9 Å². The van der Waals surface area contributed by atoms with Gasteiger partial charge in [0.2, 0.25) is 0 Å². The van der Waals surface area contributed by atoms with Crippen LogP contribution in [0.2, 0.25) is 0 Å². The smallest absolute Gasteiger partial charge is 0.115 e. The van der Waals surface area contributed by atoms with Crippen molar-refractivity contribution in [2.45, 2.75) is 12.8 Å². The molecule has 0 N–H and O–H groups in total. The number of aromatic nitrogens is 2. The number of hydrogen-bond donors (Lipinski definition) is 0. The molecule has 0 aromatic carbocycles. The van der Waals surface area contributed by atoms with Crippen molar-refractivity contribution in [2.24, 2.45) is 5.92 Å². The lowest BCUT2D eigenvalue weighted by molar-refractivity contribution is 0.244. The molecule has 2 rings (SSSR count). The van der Waals surface area contributed by atoms with E-state index < -0.39 is 0 Å². The Morgan fingerprint density at radius 3 is 2.60 bits per heavy atom. The van der Waals surface area contributed by atoms with Gasteiger partial charge in [-0.2, -0.15) is 0 Å². The van der Waals surface area contributed by atoms with Crippen molar-refractivity contribution in [3.63, 3.8) is 0 Å². The summed E-state index contributed by atoms with van der Waals surface area (Å²) in [5.41, 5.74) is 1.09. The molecule has 80 valence electrons. The molecule has 0 spiro atoms. The normalized spacial score (nSPS) is 19.8. The first-order valence-corrected chi connectivity index (χ1v) is 5.46. The molecule has 3 nitrogen and oxygen atoms in total. The number of nitrogens with zero attached hydrogens (tertiary/aromatic N) is 3. The Hall–Kier alpha value is -1.22. The summed E-state index contributed by atoms with van der Waals surface area (Å²) in [6.45, 7) is 2.42. The average Bonchev–Trinajstić information content (AvgIpc) is 2.30. The maximum atomic E-state index is 3.99. The minimum Gasteiger partial charge on any atom is -0.306 e. The highest BCUT2D eigenvalue weighted by Crippen LogP contribution is 2.18. The Labute approximate surface area is 90.9 Å². The molecule has 1 aromatic rings. The third-order valence-corrected chi connectivity index (χ3v) is 2.90. The average molecular weight is 203 g/mol. The van der Waals surface area contributed by atoms with Gasteiger partial charge in [-0.3, -0.25) is 0 Å². The molecule has 1 aliphatic rings. The summed E-state index contributed by atoms with van der Waals surface area (Å²) in [4.78, 5) is 10.4. The van der Waals surface area contributed by atoms with Gasteiger partial charge in [0.05, 0.1) is 0 Å². The minimum absolute atomic E-state index is 0.724. The lowest BCUT2D eigenvalue weighted by Crippen LogP contribution is -2.29. The lowest BCUT2D eigenvalue weighted by atomic mass is 9.96. The molecular weight excluding hydrogens is 186 g/mol. The van der Waals surface area contributed by atoms with E-state index in [0.717, 1.165) is 11.5 Å². The third-order valence-electron chi connectivity index (χ3n) is 2.90. The predicted molar refractivity (Wildman–Crippen MR) is 61.3 cm³/mol. The van der Waals surface area contributed by atoms with E-state index in [2.05, 4.69) is 34.1 Å². The predicted octanol–water partition coefficient (Wildman–Crippen LogP) is 1.83. The quantitative estimate of drug-likeness (QED) is 0.734. The number of allylic oxidation sites excluding steroid dienone is 1. The van der Waals surface area contributed by atoms with Crippen LogP contribution in [0.25, 0.3) is 6.08 Å². The van der Waals surface area contributed by atoms with Gasteiger partial charge in [-0.15, -0.1) is 0 Å². The first-order valence-electron chi connectivity index (χ1n) is 5.46. The molecule has 0 aliphatic carbocycles. The number of rotatable bonds is 2. The van der Waals surface area contributed by atoms with E-state index in [-0.39, 0.29) is 0 Å². The first-order chi connectivity index (χ1) is 7.34. The maximum absolute atomic E-state index is 3.99. The van der Waals surface area contributed by atoms with Crippen molar-refractivity contribution in [2.75, 3.05) is 20.1 Å². The molecule has 1 aliphatic heterocycles. The second kappa shape index (κ2) is 5.03. The SMILES string of the molecule is CN1CCC(/C=C/c2cncnc2)CC1. The Kier molecular flexibility index (Phi) is 3.45. The molecule has 15 heavy (non-hydrogen) atoms. The van der Waals surface area contributed by atoms with Crippen LogP contribution in [0.1, 0.15) is 18.4 Å². The van der Waals surface area contributed by atoms with E-state index in [4.69, 9.17) is 0 Å². The molecular formula is C12H17N3. The largest absolute Gasteiger partial charge is 0.306 e. The van der Waals surface area contributed by atoms with Crippen LogP contribution < -0.4 is 0 Å². The van der Waals surface area contributed by atoms with Gasteiger partial charge >= 0.3 is 0 Å². The van der Waals surface area contributed by atoms with Crippen LogP contribution in [-0.4, -0.2) is 35.0 Å². The molecule has 2 heterocycles. The van der Waals surface area contributed by atoms with Gasteiger partial charge < -0.3 is 4.90 Å². The third kappa shape index (κ3) is 3.13. The van der Waals surface area contributed by atoms with Crippen LogP contribution in [-0.2, 0) is 0 Å². The summed E-state index contributed by atoms with van der Waals surface area (Å²) in [6, 6.07) is 0. The topological polar surface area (TPSA) is 29.0 Å². The van der Waals surface area contributed by atoms with Crippen molar-refractivity contribution in [1.29, 1.82) is 0 Å². The molecule has 3 heteroatoms. The molecule has 1 fully saturated rings. The van der Waals surface area contributed by atoms with Crippen molar-refractivity contribution in [1.82, 2.24) is 14.9 Å². The number of hydrogen-bond acceptors (Lipinski definition) is 3. The first kappa shape index (κ1) is 10.3. The summed E-state index contributed by atoms with van der Waals surface area (Å²) >= 11 is 0. The molecule has 0 unspecified atom stereocenters. The van der Waals surface area contributed by atoms with Crippen molar-refractivity contribution in [3.8, 4) is 0 Å². The summed E-state index contributed by atoms with van der Waals surface area (Å²) in [5, 5.41) is 0. The highest BCUT2D eigenvalue weighted by molar-refractivity contribution is 5.46. The van der Waals surface area contributed by atoms with Crippen LogP contribution >= 0.6 is 0 Å². The van der Waals surface area contributed by atoms with Crippen LogP contribution in [0.5, 0.6) is 0 Å². The van der Waals surface area contributed by atoms with Crippen LogP contribution in [0.15, 0.2) is 24.8 Å². The summed E-state index contributed by atoms with van der Waals surface area (Å²) in [6.07, 6.45) is 12.2. The van der Waals surface area contributed by atoms with E-state index in [1.54, 1.807) is 6.33 Å². The van der Waals surface area contributed by atoms with E-state index >= 15 is 0 Å². The van der Waals surface area contributed by atoms with Gasteiger partial charge in [0, 0.05) is 18.0 Å². The van der Waals surface area contributed by atoms with E-state index in [1.165, 1.54) is 25.9 Å². The Balaban J connectivity index is 1.89. The Bertz CT molecular complexity index is 313. The number of likely N-dealkylation sites (tertiary alicyclic amines) is 1. The van der Waals surface area contributed by atoms with Gasteiger partial charge in [-0.1, -0.05) is 12.2 Å². The zero-order chi connectivity index (χ0) is 10.5. The molecule has 1 aromatic heterocycles. The Morgan fingerprint density at radius 1 is 1.27 bits per heavy atom. The summed E-state index contributed by atoms with van der Waals surface area (Å²) in [7, 11) is 2.19. The van der Waals surface area contributed by atoms with Gasteiger partial charge in [-0.25, -0.2) is 9.97 Å². The summed E-state index contributed by atoms with van der Waals surface area (Å²) in [5.74, 6) is 0.724. The fraction of sp³-hybridized carbons (Fsp3) is 0.500. The second-order valence-electron chi connectivity index (χ2n) is 4.17. The summed E-state index contributed by atoms with van der Waals surface area (Å²) < 4.78 is 0. The zero-order valence-corrected chi connectivity index (χ0v) is 9.13. The van der Waals surface area contributed by atoms with Crippen LogP contribution in [0, 0.1) is 5.92 Å². The molecule has 0 saturated carbocycles. The standard InChI is InChI=1S/C12H17N3/c1-15-6-4-11(5-7-15)2-3-12-8-13-10-14-9-12/h2-3,8-11H,4-7H2,1H3/b3-2+. The van der Waals surface area contributed by atoms with Crippen molar-refractivity contribution < 1.29 is 0 Å². The lowest BCUT2D eigenvalue weighted by Gasteiger charge is -2.26.